The average Bonchev–Trinajstić information content (AvgIpc) is 2.53. The maximum absolute atomic E-state index is 11.4. The van der Waals surface area contributed by atoms with Crippen molar-refractivity contribution in [1.82, 2.24) is 4.90 Å². The van der Waals surface area contributed by atoms with Gasteiger partial charge in [-0.2, -0.15) is 0 Å². The third-order valence-electron chi connectivity index (χ3n) is 2.61. The van der Waals surface area contributed by atoms with E-state index in [1.807, 2.05) is 11.9 Å². The molecule has 1 atom stereocenters. The lowest BCUT2D eigenvalue weighted by Crippen LogP contribution is -2.44. The van der Waals surface area contributed by atoms with E-state index >= 15 is 0 Å². The zero-order chi connectivity index (χ0) is 9.14. The van der Waals surface area contributed by atoms with Crippen molar-refractivity contribution >= 4 is 5.91 Å². The smallest absolute Gasteiger partial charge is 0.239 e. The van der Waals surface area contributed by atoms with Crippen molar-refractivity contribution in [3.05, 3.63) is 0 Å². The molecule has 12 heavy (non-hydrogen) atoms. The van der Waals surface area contributed by atoms with Crippen molar-refractivity contribution in [2.24, 2.45) is 5.73 Å². The summed E-state index contributed by atoms with van der Waals surface area (Å²) in [6.45, 7) is 1.74. The van der Waals surface area contributed by atoms with Gasteiger partial charge in [0.05, 0.1) is 6.04 Å². The predicted molar refractivity (Wildman–Crippen MR) is 48.7 cm³/mol. The van der Waals surface area contributed by atoms with Crippen molar-refractivity contribution in [1.29, 1.82) is 0 Å². The van der Waals surface area contributed by atoms with Crippen LogP contribution in [0.3, 0.4) is 0 Å². The van der Waals surface area contributed by atoms with Crippen LogP contribution in [0, 0.1) is 0 Å². The molecule has 1 saturated carbocycles. The molecule has 1 amide bonds. The first-order valence-electron chi connectivity index (χ1n) is 4.65. The molecule has 0 heterocycles. The minimum absolute atomic E-state index is 0.0712. The summed E-state index contributed by atoms with van der Waals surface area (Å²) in [7, 11) is 1.86. The van der Waals surface area contributed by atoms with E-state index in [1.165, 1.54) is 12.8 Å². The Morgan fingerprint density at radius 3 is 2.42 bits per heavy atom. The summed E-state index contributed by atoms with van der Waals surface area (Å²) in [5, 5.41) is 0. The first kappa shape index (κ1) is 9.52. The minimum Gasteiger partial charge on any atom is -0.341 e. The normalized spacial score (nSPS) is 20.9. The second kappa shape index (κ2) is 3.90. The minimum atomic E-state index is -0.351. The third-order valence-corrected chi connectivity index (χ3v) is 2.61. The van der Waals surface area contributed by atoms with Gasteiger partial charge in [-0.1, -0.05) is 12.8 Å². The monoisotopic (exact) mass is 170 g/mol. The first-order valence-corrected chi connectivity index (χ1v) is 4.65. The fourth-order valence-corrected chi connectivity index (χ4v) is 1.79. The van der Waals surface area contributed by atoms with Crippen molar-refractivity contribution < 1.29 is 4.79 Å². The number of amides is 1. The zero-order valence-corrected chi connectivity index (χ0v) is 7.92. The molecule has 3 nitrogen and oxygen atoms in total. The van der Waals surface area contributed by atoms with Gasteiger partial charge in [0.1, 0.15) is 0 Å². The molecule has 0 aliphatic heterocycles. The van der Waals surface area contributed by atoms with E-state index < -0.39 is 0 Å². The maximum atomic E-state index is 11.4. The fraction of sp³-hybridized carbons (Fsp3) is 0.889. The van der Waals surface area contributed by atoms with Crippen LogP contribution >= 0.6 is 0 Å². The molecule has 0 aromatic heterocycles. The lowest BCUT2D eigenvalue weighted by atomic mass is 10.2. The first-order chi connectivity index (χ1) is 5.63. The van der Waals surface area contributed by atoms with Crippen LogP contribution in [0.4, 0.5) is 0 Å². The summed E-state index contributed by atoms with van der Waals surface area (Å²) in [5.41, 5.74) is 5.51. The summed E-state index contributed by atoms with van der Waals surface area (Å²) in [4.78, 5) is 13.2. The number of hydrogen-bond donors (Lipinski definition) is 1. The van der Waals surface area contributed by atoms with Crippen molar-refractivity contribution in [3.8, 4) is 0 Å². The van der Waals surface area contributed by atoms with E-state index in [-0.39, 0.29) is 11.9 Å². The Hall–Kier alpha value is -0.570. The van der Waals surface area contributed by atoms with Crippen LogP contribution in [0.1, 0.15) is 32.6 Å². The van der Waals surface area contributed by atoms with Gasteiger partial charge in [0, 0.05) is 13.1 Å². The van der Waals surface area contributed by atoms with Crippen molar-refractivity contribution in [3.63, 3.8) is 0 Å². The molecule has 0 aromatic rings. The van der Waals surface area contributed by atoms with E-state index in [1.54, 1.807) is 6.92 Å². The summed E-state index contributed by atoms with van der Waals surface area (Å²) in [6.07, 6.45) is 4.80. The van der Waals surface area contributed by atoms with E-state index in [0.717, 1.165) is 12.8 Å². The van der Waals surface area contributed by atoms with Crippen LogP contribution in [-0.2, 0) is 4.79 Å². The van der Waals surface area contributed by atoms with Crippen molar-refractivity contribution in [2.75, 3.05) is 7.05 Å². The van der Waals surface area contributed by atoms with E-state index in [4.69, 9.17) is 5.73 Å². The molecular weight excluding hydrogens is 152 g/mol. The third kappa shape index (κ3) is 1.97. The molecule has 1 aliphatic carbocycles. The quantitative estimate of drug-likeness (QED) is 0.664. The van der Waals surface area contributed by atoms with Gasteiger partial charge in [0.25, 0.3) is 0 Å². The molecule has 0 saturated heterocycles. The number of nitrogens with two attached hydrogens (primary N) is 1. The number of likely N-dealkylation sites (N-methyl/N-ethyl adjacent to an activating group) is 1. The molecule has 0 aromatic carbocycles. The topological polar surface area (TPSA) is 46.3 Å². The van der Waals surface area contributed by atoms with Crippen LogP contribution in [0.15, 0.2) is 0 Å². The number of carbonyl (C=O) groups is 1. The summed E-state index contributed by atoms with van der Waals surface area (Å²) < 4.78 is 0. The Kier molecular flexibility index (Phi) is 3.09. The van der Waals surface area contributed by atoms with Crippen molar-refractivity contribution in [2.45, 2.75) is 44.7 Å². The van der Waals surface area contributed by atoms with Gasteiger partial charge < -0.3 is 10.6 Å². The lowest BCUT2D eigenvalue weighted by molar-refractivity contribution is -0.132. The largest absolute Gasteiger partial charge is 0.341 e. The van der Waals surface area contributed by atoms with E-state index in [0.29, 0.717) is 6.04 Å². The molecule has 1 unspecified atom stereocenters. The van der Waals surface area contributed by atoms with Gasteiger partial charge in [0.15, 0.2) is 0 Å². The molecule has 1 aliphatic rings. The average molecular weight is 170 g/mol. The van der Waals surface area contributed by atoms with Crippen LogP contribution in [0.2, 0.25) is 0 Å². The molecule has 0 bridgehead atoms. The summed E-state index contributed by atoms with van der Waals surface area (Å²) >= 11 is 0. The number of hydrogen-bond acceptors (Lipinski definition) is 2. The van der Waals surface area contributed by atoms with E-state index in [2.05, 4.69) is 0 Å². The zero-order valence-electron chi connectivity index (χ0n) is 7.92. The highest BCUT2D eigenvalue weighted by molar-refractivity contribution is 5.81. The Balaban J connectivity index is 2.45. The SMILES string of the molecule is CC(N)C(=O)N(C)C1CCCC1. The highest BCUT2D eigenvalue weighted by atomic mass is 16.2. The van der Waals surface area contributed by atoms with Gasteiger partial charge in [-0.15, -0.1) is 0 Å². The second-order valence-corrected chi connectivity index (χ2v) is 3.68. The molecular formula is C9H18N2O. The summed E-state index contributed by atoms with van der Waals surface area (Å²) in [5.74, 6) is 0.0712. The number of carbonyl (C=O) groups excluding carboxylic acids is 1. The Morgan fingerprint density at radius 2 is 2.00 bits per heavy atom. The highest BCUT2D eigenvalue weighted by Crippen LogP contribution is 2.22. The Morgan fingerprint density at radius 1 is 1.50 bits per heavy atom. The van der Waals surface area contributed by atoms with Crippen LogP contribution < -0.4 is 5.73 Å². The fourth-order valence-electron chi connectivity index (χ4n) is 1.79. The number of nitrogens with zero attached hydrogens (tertiary/aromatic N) is 1. The van der Waals surface area contributed by atoms with Gasteiger partial charge in [-0.25, -0.2) is 0 Å². The lowest BCUT2D eigenvalue weighted by Gasteiger charge is -2.25. The molecule has 0 radical (unpaired) electrons. The van der Waals surface area contributed by atoms with Crippen LogP contribution in [-0.4, -0.2) is 29.9 Å². The highest BCUT2D eigenvalue weighted by Gasteiger charge is 2.24. The van der Waals surface area contributed by atoms with Crippen LogP contribution in [0.5, 0.6) is 0 Å². The van der Waals surface area contributed by atoms with Crippen LogP contribution in [0.25, 0.3) is 0 Å². The second-order valence-electron chi connectivity index (χ2n) is 3.68. The molecule has 1 rings (SSSR count). The maximum Gasteiger partial charge on any atom is 0.239 e. The van der Waals surface area contributed by atoms with Gasteiger partial charge in [0.2, 0.25) is 5.91 Å². The predicted octanol–water partition coefficient (Wildman–Crippen LogP) is 0.735. The summed E-state index contributed by atoms with van der Waals surface area (Å²) in [6, 6.07) is 0.0964. The van der Waals surface area contributed by atoms with Gasteiger partial charge in [-0.3, -0.25) is 4.79 Å². The van der Waals surface area contributed by atoms with Gasteiger partial charge >= 0.3 is 0 Å². The molecule has 70 valence electrons. The molecule has 3 heteroatoms. The van der Waals surface area contributed by atoms with E-state index in [9.17, 15) is 4.79 Å². The molecule has 0 spiro atoms. The Bertz CT molecular complexity index is 162. The molecule has 1 fully saturated rings. The molecule has 2 N–H and O–H groups in total. The van der Waals surface area contributed by atoms with Gasteiger partial charge in [-0.05, 0) is 19.8 Å². The number of rotatable bonds is 2. The standard InChI is InChI=1S/C9H18N2O/c1-7(10)9(12)11(2)8-5-3-4-6-8/h7-8H,3-6,10H2,1-2H3. The Labute approximate surface area is 73.9 Å².